The molecular weight excluding hydrogens is 280 g/mol. The Morgan fingerprint density at radius 3 is 2.65 bits per heavy atom. The Bertz CT molecular complexity index is 606. The van der Waals surface area contributed by atoms with Crippen LogP contribution >= 0.6 is 0 Å². The van der Waals surface area contributed by atoms with Crippen LogP contribution in [-0.4, -0.2) is 26.2 Å². The lowest BCUT2D eigenvalue weighted by Crippen LogP contribution is -2.22. The summed E-state index contributed by atoms with van der Waals surface area (Å²) in [5.74, 6) is 0. The zero-order valence-electron chi connectivity index (χ0n) is 14.2. The normalized spacial score (nSPS) is 13.3. The van der Waals surface area contributed by atoms with Gasteiger partial charge in [-0.2, -0.15) is 0 Å². The van der Waals surface area contributed by atoms with Gasteiger partial charge in [0.1, 0.15) is 0 Å². The van der Waals surface area contributed by atoms with Gasteiger partial charge in [-0.25, -0.2) is 0 Å². The molecule has 0 amide bonds. The summed E-state index contributed by atoms with van der Waals surface area (Å²) in [5, 5.41) is 3.40. The number of benzene rings is 2. The van der Waals surface area contributed by atoms with Gasteiger partial charge in [0.15, 0.2) is 0 Å². The SMILES string of the molecule is CCNCCCCCN1CCc2cc(-c3ccccc3)ccc21. The molecule has 0 aliphatic carbocycles. The molecule has 0 aromatic heterocycles. The standard InChI is InChI=1S/C21H28N2/c1-2-22-14-7-4-8-15-23-16-13-20-17-19(11-12-21(20)23)18-9-5-3-6-10-18/h3,5-6,9-12,17,22H,2,4,7-8,13-16H2,1H3. The minimum Gasteiger partial charge on any atom is -0.371 e. The maximum absolute atomic E-state index is 3.40. The van der Waals surface area contributed by atoms with Crippen LogP contribution in [0.1, 0.15) is 31.7 Å². The van der Waals surface area contributed by atoms with Crippen LogP contribution in [0.15, 0.2) is 48.5 Å². The molecule has 2 nitrogen and oxygen atoms in total. The molecule has 2 aromatic carbocycles. The predicted octanol–water partition coefficient (Wildman–Crippen LogP) is 4.50. The molecule has 0 bridgehead atoms. The Kier molecular flexibility index (Phi) is 5.71. The van der Waals surface area contributed by atoms with Gasteiger partial charge in [0.05, 0.1) is 0 Å². The van der Waals surface area contributed by atoms with Crippen molar-refractivity contribution in [3.63, 3.8) is 0 Å². The second kappa shape index (κ2) is 8.16. The summed E-state index contributed by atoms with van der Waals surface area (Å²) < 4.78 is 0. The van der Waals surface area contributed by atoms with Gasteiger partial charge < -0.3 is 10.2 Å². The van der Waals surface area contributed by atoms with Crippen LogP contribution in [-0.2, 0) is 6.42 Å². The largest absolute Gasteiger partial charge is 0.371 e. The van der Waals surface area contributed by atoms with E-state index in [2.05, 4.69) is 65.7 Å². The summed E-state index contributed by atoms with van der Waals surface area (Å²) in [5.41, 5.74) is 5.63. The summed E-state index contributed by atoms with van der Waals surface area (Å²) in [6, 6.07) is 17.7. The number of hydrogen-bond donors (Lipinski definition) is 1. The van der Waals surface area contributed by atoms with Crippen LogP contribution in [0.2, 0.25) is 0 Å². The lowest BCUT2D eigenvalue weighted by Gasteiger charge is -2.19. The number of fused-ring (bicyclic) bond motifs is 1. The first kappa shape index (κ1) is 16.1. The first-order valence-corrected chi connectivity index (χ1v) is 9.02. The summed E-state index contributed by atoms with van der Waals surface area (Å²) in [7, 11) is 0. The van der Waals surface area contributed by atoms with Crippen LogP contribution in [0.4, 0.5) is 5.69 Å². The van der Waals surface area contributed by atoms with E-state index in [9.17, 15) is 0 Å². The van der Waals surface area contributed by atoms with Gasteiger partial charge in [-0.1, -0.05) is 49.7 Å². The number of nitrogens with zero attached hydrogens (tertiary/aromatic N) is 1. The quantitative estimate of drug-likeness (QED) is 0.723. The third kappa shape index (κ3) is 4.14. The number of rotatable bonds is 8. The van der Waals surface area contributed by atoms with Gasteiger partial charge in [-0.15, -0.1) is 0 Å². The molecule has 0 fully saturated rings. The molecule has 0 unspecified atom stereocenters. The van der Waals surface area contributed by atoms with Crippen molar-refractivity contribution in [3.05, 3.63) is 54.1 Å². The Hall–Kier alpha value is -1.80. The highest BCUT2D eigenvalue weighted by atomic mass is 15.1. The van der Waals surface area contributed by atoms with Crippen molar-refractivity contribution in [3.8, 4) is 11.1 Å². The molecule has 23 heavy (non-hydrogen) atoms. The fraction of sp³-hybridized carbons (Fsp3) is 0.429. The molecule has 0 saturated heterocycles. The molecule has 1 aliphatic rings. The maximum atomic E-state index is 3.40. The molecule has 1 aliphatic heterocycles. The fourth-order valence-electron chi connectivity index (χ4n) is 3.42. The lowest BCUT2D eigenvalue weighted by molar-refractivity contribution is 0.610. The van der Waals surface area contributed by atoms with Crippen molar-refractivity contribution in [2.45, 2.75) is 32.6 Å². The summed E-state index contributed by atoms with van der Waals surface area (Å²) in [6.45, 7) is 6.80. The Balaban J connectivity index is 1.56. The first-order chi connectivity index (χ1) is 11.4. The molecule has 0 atom stereocenters. The maximum Gasteiger partial charge on any atom is 0.0399 e. The zero-order valence-corrected chi connectivity index (χ0v) is 14.2. The monoisotopic (exact) mass is 308 g/mol. The molecule has 0 radical (unpaired) electrons. The summed E-state index contributed by atoms with van der Waals surface area (Å²) in [4.78, 5) is 2.57. The van der Waals surface area contributed by atoms with Crippen molar-refractivity contribution < 1.29 is 0 Å². The third-order valence-corrected chi connectivity index (χ3v) is 4.71. The Labute approximate surface area is 140 Å². The van der Waals surface area contributed by atoms with E-state index in [4.69, 9.17) is 0 Å². The Morgan fingerprint density at radius 2 is 1.83 bits per heavy atom. The van der Waals surface area contributed by atoms with Gasteiger partial charge >= 0.3 is 0 Å². The van der Waals surface area contributed by atoms with Crippen molar-refractivity contribution in [1.82, 2.24) is 5.32 Å². The second-order valence-corrected chi connectivity index (χ2v) is 6.36. The van der Waals surface area contributed by atoms with E-state index in [1.807, 2.05) is 0 Å². The molecule has 122 valence electrons. The minimum absolute atomic E-state index is 1.09. The predicted molar refractivity (Wildman–Crippen MR) is 100 cm³/mol. The molecule has 1 heterocycles. The molecule has 0 spiro atoms. The Morgan fingerprint density at radius 1 is 0.957 bits per heavy atom. The molecule has 0 saturated carbocycles. The number of hydrogen-bond acceptors (Lipinski definition) is 2. The number of anilines is 1. The molecular formula is C21H28N2. The topological polar surface area (TPSA) is 15.3 Å². The van der Waals surface area contributed by atoms with E-state index < -0.39 is 0 Å². The second-order valence-electron chi connectivity index (χ2n) is 6.36. The van der Waals surface area contributed by atoms with Gasteiger partial charge in [-0.3, -0.25) is 0 Å². The molecule has 3 rings (SSSR count). The van der Waals surface area contributed by atoms with Crippen molar-refractivity contribution in [2.24, 2.45) is 0 Å². The highest BCUT2D eigenvalue weighted by Crippen LogP contribution is 2.32. The molecule has 1 N–H and O–H groups in total. The average molecular weight is 308 g/mol. The van der Waals surface area contributed by atoms with E-state index in [0.717, 1.165) is 13.1 Å². The lowest BCUT2D eigenvalue weighted by atomic mass is 10.0. The summed E-state index contributed by atoms with van der Waals surface area (Å²) in [6.07, 6.45) is 5.10. The molecule has 2 aromatic rings. The average Bonchev–Trinajstić information content (AvgIpc) is 3.01. The number of nitrogens with one attached hydrogen (secondary N) is 1. The van der Waals surface area contributed by atoms with E-state index in [0.29, 0.717) is 0 Å². The zero-order chi connectivity index (χ0) is 15.9. The highest BCUT2D eigenvalue weighted by Gasteiger charge is 2.18. The highest BCUT2D eigenvalue weighted by molar-refractivity contribution is 5.70. The van der Waals surface area contributed by atoms with Crippen LogP contribution in [0.3, 0.4) is 0 Å². The molecule has 2 heteroatoms. The van der Waals surface area contributed by atoms with Gasteiger partial charge in [0.2, 0.25) is 0 Å². The van der Waals surface area contributed by atoms with E-state index in [1.165, 1.54) is 61.2 Å². The number of unbranched alkanes of at least 4 members (excludes halogenated alkanes) is 2. The van der Waals surface area contributed by atoms with E-state index >= 15 is 0 Å². The minimum atomic E-state index is 1.09. The van der Waals surface area contributed by atoms with E-state index in [-0.39, 0.29) is 0 Å². The van der Waals surface area contributed by atoms with Crippen LogP contribution in [0, 0.1) is 0 Å². The van der Waals surface area contributed by atoms with Crippen molar-refractivity contribution in [2.75, 3.05) is 31.1 Å². The van der Waals surface area contributed by atoms with Gasteiger partial charge in [-0.05, 0) is 61.2 Å². The van der Waals surface area contributed by atoms with Gasteiger partial charge in [0.25, 0.3) is 0 Å². The van der Waals surface area contributed by atoms with Crippen LogP contribution < -0.4 is 10.2 Å². The smallest absolute Gasteiger partial charge is 0.0399 e. The fourth-order valence-corrected chi connectivity index (χ4v) is 3.42. The van der Waals surface area contributed by atoms with E-state index in [1.54, 1.807) is 0 Å². The van der Waals surface area contributed by atoms with Crippen LogP contribution in [0.5, 0.6) is 0 Å². The van der Waals surface area contributed by atoms with Crippen molar-refractivity contribution in [1.29, 1.82) is 0 Å². The van der Waals surface area contributed by atoms with Crippen LogP contribution in [0.25, 0.3) is 11.1 Å². The summed E-state index contributed by atoms with van der Waals surface area (Å²) >= 11 is 0. The van der Waals surface area contributed by atoms with Gasteiger partial charge in [0, 0.05) is 18.8 Å². The third-order valence-electron chi connectivity index (χ3n) is 4.71. The first-order valence-electron chi connectivity index (χ1n) is 9.02. The van der Waals surface area contributed by atoms with Crippen molar-refractivity contribution >= 4 is 5.69 Å².